The summed E-state index contributed by atoms with van der Waals surface area (Å²) in [4.78, 5) is 26.4. The van der Waals surface area contributed by atoms with E-state index in [9.17, 15) is 9.59 Å². The fraction of sp³-hybridized carbons (Fsp3) is 0.286. The number of nitrogens with one attached hydrogen (secondary N) is 1. The standard InChI is InChI=1S/C14H15NO2S2/c1-14(2,3)11(16)7-12-15-13(17)10(19-12)6-9-4-5-18-8-9/h4-8H,1-3H3,(H,15,17)/b10-6-,12-7+. The van der Waals surface area contributed by atoms with Crippen molar-refractivity contribution < 1.29 is 4.79 Å². The van der Waals surface area contributed by atoms with E-state index in [4.69, 9.17) is 0 Å². The summed E-state index contributed by atoms with van der Waals surface area (Å²) in [6.45, 7) is 5.57. The summed E-state index contributed by atoms with van der Waals surface area (Å²) < 4.78 is 1.22. The number of thiazole rings is 1. The van der Waals surface area contributed by atoms with Crippen molar-refractivity contribution in [3.8, 4) is 0 Å². The number of Topliss-reactive ketones (excluding diaryl/α,β-unsaturated/α-hetero) is 1. The monoisotopic (exact) mass is 293 g/mol. The highest BCUT2D eigenvalue weighted by atomic mass is 32.1. The normalized spacial score (nSPS) is 14.1. The maximum absolute atomic E-state index is 11.9. The molecule has 19 heavy (non-hydrogen) atoms. The molecule has 0 aliphatic rings. The number of hydrogen-bond donors (Lipinski definition) is 1. The maximum Gasteiger partial charge on any atom is 0.266 e. The molecule has 0 aliphatic heterocycles. The summed E-state index contributed by atoms with van der Waals surface area (Å²) in [5.74, 6) is 0.00656. The van der Waals surface area contributed by atoms with Crippen molar-refractivity contribution in [1.82, 2.24) is 4.98 Å². The van der Waals surface area contributed by atoms with E-state index in [0.29, 0.717) is 9.20 Å². The minimum absolute atomic E-state index is 0.00656. The lowest BCUT2D eigenvalue weighted by atomic mass is 9.91. The third-order valence-corrected chi connectivity index (χ3v) is 4.19. The number of hydrogen-bond acceptors (Lipinski definition) is 4. The molecule has 0 saturated heterocycles. The molecule has 0 unspecified atom stereocenters. The molecule has 0 fully saturated rings. The first kappa shape index (κ1) is 14.0. The molecule has 0 saturated carbocycles. The summed E-state index contributed by atoms with van der Waals surface area (Å²) in [6, 6.07) is 1.95. The fourth-order valence-corrected chi connectivity index (χ4v) is 2.87. The number of carbonyl (C=O) groups excluding carboxylic acids is 1. The predicted molar refractivity (Wildman–Crippen MR) is 81.0 cm³/mol. The van der Waals surface area contributed by atoms with Gasteiger partial charge in [-0.3, -0.25) is 9.59 Å². The maximum atomic E-state index is 11.9. The summed E-state index contributed by atoms with van der Waals surface area (Å²) in [5.41, 5.74) is 0.424. The van der Waals surface area contributed by atoms with Gasteiger partial charge in [0.05, 0.1) is 9.20 Å². The lowest BCUT2D eigenvalue weighted by molar-refractivity contribution is -0.119. The highest BCUT2D eigenvalue weighted by molar-refractivity contribution is 7.08. The van der Waals surface area contributed by atoms with Crippen molar-refractivity contribution in [1.29, 1.82) is 0 Å². The predicted octanol–water partition coefficient (Wildman–Crippen LogP) is 1.72. The van der Waals surface area contributed by atoms with Crippen LogP contribution in [0.25, 0.3) is 12.2 Å². The number of aromatic amines is 1. The van der Waals surface area contributed by atoms with Crippen LogP contribution < -0.4 is 14.8 Å². The van der Waals surface area contributed by atoms with Gasteiger partial charge >= 0.3 is 0 Å². The van der Waals surface area contributed by atoms with Gasteiger partial charge in [0.25, 0.3) is 5.56 Å². The van der Waals surface area contributed by atoms with Crippen LogP contribution in [-0.2, 0) is 4.79 Å². The third-order valence-electron chi connectivity index (χ3n) is 2.52. The van der Waals surface area contributed by atoms with Crippen LogP contribution in [0.5, 0.6) is 0 Å². The summed E-state index contributed by atoms with van der Waals surface area (Å²) in [6.07, 6.45) is 3.34. The Balaban J connectivity index is 2.46. The van der Waals surface area contributed by atoms with Gasteiger partial charge in [-0.1, -0.05) is 20.8 Å². The number of aromatic nitrogens is 1. The van der Waals surface area contributed by atoms with E-state index in [2.05, 4.69) is 4.98 Å². The summed E-state index contributed by atoms with van der Waals surface area (Å²) in [7, 11) is 0. The summed E-state index contributed by atoms with van der Waals surface area (Å²) >= 11 is 2.89. The van der Waals surface area contributed by atoms with Crippen LogP contribution in [0.3, 0.4) is 0 Å². The van der Waals surface area contributed by atoms with Gasteiger partial charge in [-0.25, -0.2) is 0 Å². The molecule has 0 bridgehead atoms. The van der Waals surface area contributed by atoms with Crippen LogP contribution in [0.15, 0.2) is 21.6 Å². The van der Waals surface area contributed by atoms with Crippen molar-refractivity contribution in [2.24, 2.45) is 5.41 Å². The Morgan fingerprint density at radius 2 is 2.11 bits per heavy atom. The smallest absolute Gasteiger partial charge is 0.266 e. The molecule has 2 aromatic rings. The van der Waals surface area contributed by atoms with E-state index in [-0.39, 0.29) is 11.3 Å². The van der Waals surface area contributed by atoms with Gasteiger partial charge in [0, 0.05) is 11.5 Å². The molecule has 2 aromatic heterocycles. The zero-order chi connectivity index (χ0) is 14.0. The molecule has 5 heteroatoms. The molecule has 0 aliphatic carbocycles. The molecule has 0 spiro atoms. The molecule has 0 aromatic carbocycles. The van der Waals surface area contributed by atoms with Crippen molar-refractivity contribution in [2.45, 2.75) is 20.8 Å². The van der Waals surface area contributed by atoms with Gasteiger partial charge in [0.1, 0.15) is 0 Å². The van der Waals surface area contributed by atoms with Gasteiger partial charge < -0.3 is 4.98 Å². The summed E-state index contributed by atoms with van der Waals surface area (Å²) in [5, 5.41) is 3.94. The SMILES string of the molecule is CC(C)(C)C(=O)/C=c1\[nH]c(=O)/c(=C/c2ccsc2)s1. The number of thiophene rings is 1. The first-order valence-corrected chi connectivity index (χ1v) is 7.61. The molecule has 2 heterocycles. The quantitative estimate of drug-likeness (QED) is 0.916. The largest absolute Gasteiger partial charge is 0.313 e. The van der Waals surface area contributed by atoms with Crippen LogP contribution in [0.4, 0.5) is 0 Å². The van der Waals surface area contributed by atoms with Gasteiger partial charge in [-0.15, -0.1) is 11.3 Å². The Hall–Kier alpha value is -1.46. The lowest BCUT2D eigenvalue weighted by Crippen LogP contribution is -2.22. The number of carbonyl (C=O) groups is 1. The molecule has 100 valence electrons. The first-order chi connectivity index (χ1) is 8.86. The van der Waals surface area contributed by atoms with Crippen molar-refractivity contribution in [3.05, 3.63) is 41.9 Å². The molecule has 2 rings (SSSR count). The van der Waals surface area contributed by atoms with Gasteiger partial charge in [0.2, 0.25) is 0 Å². The molecule has 3 nitrogen and oxygen atoms in total. The molecular formula is C14H15NO2S2. The van der Waals surface area contributed by atoms with E-state index in [1.54, 1.807) is 11.3 Å². The Kier molecular flexibility index (Phi) is 3.87. The number of ketones is 1. The Morgan fingerprint density at radius 1 is 1.37 bits per heavy atom. The van der Waals surface area contributed by atoms with Crippen LogP contribution >= 0.6 is 22.7 Å². The van der Waals surface area contributed by atoms with Crippen LogP contribution in [-0.4, -0.2) is 10.8 Å². The topological polar surface area (TPSA) is 49.9 Å². The first-order valence-electron chi connectivity index (χ1n) is 5.85. The molecule has 0 radical (unpaired) electrons. The minimum Gasteiger partial charge on any atom is -0.313 e. The molecule has 0 amide bonds. The molecule has 0 atom stereocenters. The Labute approximate surface area is 118 Å². The van der Waals surface area contributed by atoms with Crippen LogP contribution in [0.2, 0.25) is 0 Å². The molecular weight excluding hydrogens is 278 g/mol. The minimum atomic E-state index is -0.432. The Morgan fingerprint density at radius 3 is 2.68 bits per heavy atom. The Bertz CT molecular complexity index is 743. The number of H-pyrrole nitrogens is 1. The van der Waals surface area contributed by atoms with E-state index in [0.717, 1.165) is 5.56 Å². The van der Waals surface area contributed by atoms with Gasteiger partial charge in [0.15, 0.2) is 5.78 Å². The second kappa shape index (κ2) is 5.27. The average molecular weight is 293 g/mol. The van der Waals surface area contributed by atoms with Crippen molar-refractivity contribution >= 4 is 40.6 Å². The van der Waals surface area contributed by atoms with E-state index < -0.39 is 5.41 Å². The van der Waals surface area contributed by atoms with E-state index in [1.807, 2.05) is 43.7 Å². The zero-order valence-electron chi connectivity index (χ0n) is 11.0. The van der Waals surface area contributed by atoms with Crippen LogP contribution in [0.1, 0.15) is 26.3 Å². The second-order valence-corrected chi connectivity index (χ2v) is 7.11. The zero-order valence-corrected chi connectivity index (χ0v) is 12.7. The van der Waals surface area contributed by atoms with E-state index in [1.165, 1.54) is 17.4 Å². The lowest BCUT2D eigenvalue weighted by Gasteiger charge is -2.12. The third kappa shape index (κ3) is 3.52. The fourth-order valence-electron chi connectivity index (χ4n) is 1.37. The highest BCUT2D eigenvalue weighted by Crippen LogP contribution is 2.14. The average Bonchev–Trinajstić information content (AvgIpc) is 2.89. The van der Waals surface area contributed by atoms with Crippen molar-refractivity contribution in [2.75, 3.05) is 0 Å². The van der Waals surface area contributed by atoms with E-state index >= 15 is 0 Å². The highest BCUT2D eigenvalue weighted by Gasteiger charge is 2.18. The van der Waals surface area contributed by atoms with Crippen molar-refractivity contribution in [3.63, 3.8) is 0 Å². The van der Waals surface area contributed by atoms with Gasteiger partial charge in [-0.2, -0.15) is 11.3 Å². The second-order valence-electron chi connectivity index (χ2n) is 5.24. The number of rotatable bonds is 2. The van der Waals surface area contributed by atoms with Crippen LogP contribution in [0, 0.1) is 5.41 Å². The van der Waals surface area contributed by atoms with Gasteiger partial charge in [-0.05, 0) is 28.5 Å². The molecule has 1 N–H and O–H groups in total.